The molecule has 2 N–H and O–H groups in total. The Bertz CT molecular complexity index is 1010. The van der Waals surface area contributed by atoms with Gasteiger partial charge in [0.1, 0.15) is 5.69 Å². The van der Waals surface area contributed by atoms with Gasteiger partial charge in [-0.15, -0.1) is 0 Å². The number of anilines is 1. The van der Waals surface area contributed by atoms with Gasteiger partial charge in [0.2, 0.25) is 6.10 Å². The van der Waals surface area contributed by atoms with E-state index in [0.717, 1.165) is 12.1 Å². The second kappa shape index (κ2) is 9.25. The molecule has 2 aromatic carbocycles. The zero-order valence-corrected chi connectivity index (χ0v) is 16.7. The third-order valence-electron chi connectivity index (χ3n) is 5.26. The summed E-state index contributed by atoms with van der Waals surface area (Å²) in [5, 5.41) is 11.3. The predicted molar refractivity (Wildman–Crippen MR) is 108 cm³/mol. The van der Waals surface area contributed by atoms with E-state index in [2.05, 4.69) is 0 Å². The molecule has 1 fully saturated rings. The molecule has 1 amide bonds. The summed E-state index contributed by atoms with van der Waals surface area (Å²) < 4.78 is 44.1. The van der Waals surface area contributed by atoms with Crippen LogP contribution in [0.3, 0.4) is 0 Å². The molecule has 8 nitrogen and oxygen atoms in total. The maximum atomic E-state index is 12.9. The van der Waals surface area contributed by atoms with Gasteiger partial charge in [-0.3, -0.25) is 19.7 Å². The number of piperidine rings is 1. The van der Waals surface area contributed by atoms with E-state index in [4.69, 9.17) is 10.5 Å². The van der Waals surface area contributed by atoms with Gasteiger partial charge in [-0.05, 0) is 25.0 Å². The highest BCUT2D eigenvalue weighted by Gasteiger charge is 2.35. The number of benzene rings is 2. The lowest BCUT2D eigenvalue weighted by Gasteiger charge is -2.32. The summed E-state index contributed by atoms with van der Waals surface area (Å²) in [4.78, 5) is 36.4. The average Bonchev–Trinajstić information content (AvgIpc) is 2.76. The number of ether oxygens (including phenoxy) is 1. The van der Waals surface area contributed by atoms with Crippen LogP contribution in [0.25, 0.3) is 0 Å². The Kier molecular flexibility index (Phi) is 6.66. The number of carbonyl (C=O) groups excluding carboxylic acids is 2. The fourth-order valence-corrected chi connectivity index (χ4v) is 3.60. The van der Waals surface area contributed by atoms with Crippen molar-refractivity contribution in [1.29, 1.82) is 0 Å². The van der Waals surface area contributed by atoms with E-state index in [1.807, 2.05) is 0 Å². The number of halogens is 3. The molecule has 3 rings (SSSR count). The SMILES string of the molecule is NC(=O)C(OC(=O)C1CCN(c2ccc(C(F)(F)F)cc2[N+](=O)[O-])CC1)c1ccccc1. The first kappa shape index (κ1) is 23.0. The number of alkyl halides is 3. The monoisotopic (exact) mass is 451 g/mol. The first-order valence-electron chi connectivity index (χ1n) is 9.73. The summed E-state index contributed by atoms with van der Waals surface area (Å²) in [6, 6.07) is 10.7. The van der Waals surface area contributed by atoms with Crippen molar-refractivity contribution in [2.75, 3.05) is 18.0 Å². The van der Waals surface area contributed by atoms with Gasteiger partial charge in [-0.1, -0.05) is 30.3 Å². The number of amides is 1. The fraction of sp³-hybridized carbons (Fsp3) is 0.333. The number of nitrogens with zero attached hydrogens (tertiary/aromatic N) is 2. The van der Waals surface area contributed by atoms with E-state index in [-0.39, 0.29) is 31.6 Å². The second-order valence-corrected chi connectivity index (χ2v) is 7.35. The van der Waals surface area contributed by atoms with Crippen LogP contribution in [0.1, 0.15) is 30.1 Å². The molecule has 1 unspecified atom stereocenters. The topological polar surface area (TPSA) is 116 Å². The maximum absolute atomic E-state index is 12.9. The molecule has 1 aliphatic heterocycles. The molecule has 0 bridgehead atoms. The van der Waals surface area contributed by atoms with Crippen molar-refractivity contribution in [1.82, 2.24) is 0 Å². The standard InChI is InChI=1S/C21H20F3N3O5/c22-21(23,24)15-6-7-16(17(12-15)27(30)31)26-10-8-14(9-11-26)20(29)32-18(19(25)28)13-4-2-1-3-5-13/h1-7,12,14,18H,8-11H2,(H2,25,28). The number of nitro benzene ring substituents is 1. The number of nitrogens with two attached hydrogens (primary N) is 1. The van der Waals surface area contributed by atoms with Gasteiger partial charge in [0.15, 0.2) is 0 Å². The van der Waals surface area contributed by atoms with Crippen molar-refractivity contribution in [3.05, 3.63) is 69.8 Å². The third-order valence-corrected chi connectivity index (χ3v) is 5.26. The third kappa shape index (κ3) is 5.16. The Labute approximate surface area is 180 Å². The highest BCUT2D eigenvalue weighted by atomic mass is 19.4. The minimum atomic E-state index is -4.70. The molecule has 1 atom stereocenters. The van der Waals surface area contributed by atoms with Crippen LogP contribution in [0, 0.1) is 16.0 Å². The number of carbonyl (C=O) groups is 2. The van der Waals surface area contributed by atoms with Crippen LogP contribution < -0.4 is 10.6 Å². The first-order valence-corrected chi connectivity index (χ1v) is 9.73. The van der Waals surface area contributed by atoms with E-state index < -0.39 is 46.2 Å². The van der Waals surface area contributed by atoms with Crippen LogP contribution in [0.4, 0.5) is 24.5 Å². The Morgan fingerprint density at radius 3 is 2.28 bits per heavy atom. The molecule has 0 saturated carbocycles. The van der Waals surface area contributed by atoms with Crippen molar-refractivity contribution in [2.45, 2.75) is 25.1 Å². The molecule has 11 heteroatoms. The minimum absolute atomic E-state index is 0.0501. The Morgan fingerprint density at radius 2 is 1.75 bits per heavy atom. The van der Waals surface area contributed by atoms with Crippen molar-refractivity contribution in [3.63, 3.8) is 0 Å². The lowest BCUT2D eigenvalue weighted by atomic mass is 9.96. The zero-order valence-electron chi connectivity index (χ0n) is 16.7. The van der Waals surface area contributed by atoms with Crippen molar-refractivity contribution >= 4 is 23.3 Å². The molecule has 32 heavy (non-hydrogen) atoms. The molecule has 2 aromatic rings. The van der Waals surface area contributed by atoms with Crippen molar-refractivity contribution < 1.29 is 32.4 Å². The maximum Gasteiger partial charge on any atom is 0.416 e. The highest BCUT2D eigenvalue weighted by molar-refractivity contribution is 5.84. The summed E-state index contributed by atoms with van der Waals surface area (Å²) in [6.45, 7) is 0.386. The summed E-state index contributed by atoms with van der Waals surface area (Å²) in [6.07, 6.45) is -5.44. The largest absolute Gasteiger partial charge is 0.447 e. The molecule has 170 valence electrons. The van der Waals surface area contributed by atoms with E-state index in [9.17, 15) is 32.9 Å². The van der Waals surface area contributed by atoms with Crippen LogP contribution in [-0.2, 0) is 20.5 Å². The van der Waals surface area contributed by atoms with Gasteiger partial charge < -0.3 is 15.4 Å². The quantitative estimate of drug-likeness (QED) is 0.408. The number of primary amides is 1. The first-order chi connectivity index (χ1) is 15.1. The van der Waals surface area contributed by atoms with E-state index in [1.54, 1.807) is 35.2 Å². The molecule has 1 heterocycles. The van der Waals surface area contributed by atoms with E-state index in [1.165, 1.54) is 0 Å². The lowest BCUT2D eigenvalue weighted by molar-refractivity contribution is -0.384. The fourth-order valence-electron chi connectivity index (χ4n) is 3.60. The van der Waals surface area contributed by atoms with Gasteiger partial charge in [-0.25, -0.2) is 0 Å². The summed E-state index contributed by atoms with van der Waals surface area (Å²) in [5.41, 5.74) is 4.09. The molecule has 1 saturated heterocycles. The molecular formula is C21H20F3N3O5. The van der Waals surface area contributed by atoms with Crippen LogP contribution in [0.2, 0.25) is 0 Å². The molecule has 0 spiro atoms. The average molecular weight is 451 g/mol. The van der Waals surface area contributed by atoms with Crippen LogP contribution in [-0.4, -0.2) is 29.9 Å². The van der Waals surface area contributed by atoms with Gasteiger partial charge in [0, 0.05) is 24.7 Å². The Hall–Kier alpha value is -3.63. The van der Waals surface area contributed by atoms with E-state index >= 15 is 0 Å². The lowest BCUT2D eigenvalue weighted by Crippen LogP contribution is -2.38. The second-order valence-electron chi connectivity index (χ2n) is 7.35. The summed E-state index contributed by atoms with van der Waals surface area (Å²) >= 11 is 0. The summed E-state index contributed by atoms with van der Waals surface area (Å²) in [5.74, 6) is -2.02. The van der Waals surface area contributed by atoms with Crippen molar-refractivity contribution in [2.24, 2.45) is 11.7 Å². The van der Waals surface area contributed by atoms with Gasteiger partial charge in [-0.2, -0.15) is 13.2 Å². The predicted octanol–water partition coefficient (Wildman–Crippen LogP) is 3.60. The van der Waals surface area contributed by atoms with Gasteiger partial charge >= 0.3 is 12.1 Å². The number of hydrogen-bond acceptors (Lipinski definition) is 6. The minimum Gasteiger partial charge on any atom is -0.447 e. The summed E-state index contributed by atoms with van der Waals surface area (Å²) in [7, 11) is 0. The molecular weight excluding hydrogens is 431 g/mol. The van der Waals surface area contributed by atoms with Crippen LogP contribution in [0.15, 0.2) is 48.5 Å². The van der Waals surface area contributed by atoms with Crippen LogP contribution >= 0.6 is 0 Å². The molecule has 1 aliphatic rings. The highest BCUT2D eigenvalue weighted by Crippen LogP contribution is 2.38. The number of nitro groups is 1. The molecule has 0 aliphatic carbocycles. The number of rotatable bonds is 6. The van der Waals surface area contributed by atoms with Crippen molar-refractivity contribution in [3.8, 4) is 0 Å². The molecule has 0 aromatic heterocycles. The zero-order chi connectivity index (χ0) is 23.5. The van der Waals surface area contributed by atoms with Gasteiger partial charge in [0.05, 0.1) is 16.4 Å². The van der Waals surface area contributed by atoms with Gasteiger partial charge in [0.25, 0.3) is 11.6 Å². The normalized spacial score (nSPS) is 15.8. The Morgan fingerprint density at radius 1 is 1.12 bits per heavy atom. The number of hydrogen-bond donors (Lipinski definition) is 1. The number of esters is 1. The van der Waals surface area contributed by atoms with E-state index in [0.29, 0.717) is 11.6 Å². The Balaban J connectivity index is 1.69. The smallest absolute Gasteiger partial charge is 0.416 e. The molecule has 0 radical (unpaired) electrons. The van der Waals surface area contributed by atoms with Crippen LogP contribution in [0.5, 0.6) is 0 Å².